The first kappa shape index (κ1) is 15.9. The second-order valence-corrected chi connectivity index (χ2v) is 5.78. The van der Waals surface area contributed by atoms with Crippen molar-refractivity contribution in [3.05, 3.63) is 54.5 Å². The molecule has 26 heavy (non-hydrogen) atoms. The smallest absolute Gasteiger partial charge is 0.308 e. The average Bonchev–Trinajstić information content (AvgIpc) is 3.11. The van der Waals surface area contributed by atoms with E-state index in [2.05, 4.69) is 25.1 Å². The zero-order valence-corrected chi connectivity index (χ0v) is 14.2. The molecule has 0 aromatic carbocycles. The summed E-state index contributed by atoms with van der Waals surface area (Å²) in [5.74, 6) is -0.0271. The van der Waals surface area contributed by atoms with E-state index in [-0.39, 0.29) is 0 Å². The van der Waals surface area contributed by atoms with Crippen molar-refractivity contribution in [3.8, 4) is 28.4 Å². The average molecular weight is 345 g/mol. The van der Waals surface area contributed by atoms with Gasteiger partial charge in [-0.3, -0.25) is 19.9 Å². The molecule has 0 saturated carbocycles. The molecule has 0 bridgehead atoms. The summed E-state index contributed by atoms with van der Waals surface area (Å²) >= 11 is 0. The summed E-state index contributed by atoms with van der Waals surface area (Å²) in [6, 6.07) is 11.1. The van der Waals surface area contributed by atoms with Gasteiger partial charge in [0.05, 0.1) is 16.9 Å². The van der Waals surface area contributed by atoms with Gasteiger partial charge >= 0.3 is 5.97 Å². The molecule has 0 saturated heterocycles. The molecule has 128 valence electrons. The van der Waals surface area contributed by atoms with Crippen LogP contribution in [0.2, 0.25) is 0 Å². The minimum Gasteiger partial charge on any atom is -0.424 e. The molecule has 4 rings (SSSR count). The van der Waals surface area contributed by atoms with Crippen molar-refractivity contribution in [1.82, 2.24) is 25.1 Å². The van der Waals surface area contributed by atoms with Crippen LogP contribution in [-0.2, 0) is 4.79 Å². The standard InChI is InChI=1S/C19H15N5O2/c1-11-4-3-5-16(22-11)18-13(10-21-24-18)14-6-7-15-19(23-14)17(8-9-20-15)26-12(2)25/h3-10H,1-2H3,(H,21,24). The SMILES string of the molecule is CC(=O)Oc1ccnc2ccc(-c3c[nH]nc3-c3cccc(C)n3)nc12. The number of H-pyrrole nitrogens is 1. The fraction of sp³-hybridized carbons (Fsp3) is 0.105. The lowest BCUT2D eigenvalue weighted by molar-refractivity contribution is -0.131. The molecule has 4 aromatic rings. The highest BCUT2D eigenvalue weighted by Gasteiger charge is 2.15. The van der Waals surface area contributed by atoms with E-state index < -0.39 is 5.97 Å². The van der Waals surface area contributed by atoms with Crippen molar-refractivity contribution in [3.63, 3.8) is 0 Å². The first-order chi connectivity index (χ1) is 12.6. The molecular weight excluding hydrogens is 330 g/mol. The van der Waals surface area contributed by atoms with Crippen molar-refractivity contribution < 1.29 is 9.53 Å². The molecule has 0 radical (unpaired) electrons. The first-order valence-corrected chi connectivity index (χ1v) is 8.04. The van der Waals surface area contributed by atoms with E-state index in [9.17, 15) is 4.79 Å². The number of pyridine rings is 3. The van der Waals surface area contributed by atoms with Crippen LogP contribution in [-0.4, -0.2) is 31.1 Å². The normalized spacial score (nSPS) is 10.8. The number of nitrogens with zero attached hydrogens (tertiary/aromatic N) is 4. The number of nitrogens with one attached hydrogen (secondary N) is 1. The largest absolute Gasteiger partial charge is 0.424 e. The summed E-state index contributed by atoms with van der Waals surface area (Å²) in [7, 11) is 0. The topological polar surface area (TPSA) is 93.7 Å². The lowest BCUT2D eigenvalue weighted by atomic mass is 10.1. The van der Waals surface area contributed by atoms with Crippen LogP contribution >= 0.6 is 0 Å². The summed E-state index contributed by atoms with van der Waals surface area (Å²) in [5.41, 5.74) is 5.03. The van der Waals surface area contributed by atoms with Gasteiger partial charge in [0.1, 0.15) is 11.2 Å². The van der Waals surface area contributed by atoms with E-state index >= 15 is 0 Å². The molecule has 0 atom stereocenters. The van der Waals surface area contributed by atoms with Crippen LogP contribution in [0.15, 0.2) is 48.8 Å². The fourth-order valence-electron chi connectivity index (χ4n) is 2.74. The Morgan fingerprint density at radius 1 is 1.08 bits per heavy atom. The van der Waals surface area contributed by atoms with E-state index in [0.29, 0.717) is 28.2 Å². The van der Waals surface area contributed by atoms with Crippen LogP contribution in [0.5, 0.6) is 5.75 Å². The third kappa shape index (κ3) is 2.90. The number of ether oxygens (including phenoxy) is 1. The van der Waals surface area contributed by atoms with Gasteiger partial charge in [-0.2, -0.15) is 5.10 Å². The highest BCUT2D eigenvalue weighted by atomic mass is 16.5. The van der Waals surface area contributed by atoms with Gasteiger partial charge in [0.2, 0.25) is 0 Å². The quantitative estimate of drug-likeness (QED) is 0.573. The molecule has 1 N–H and O–H groups in total. The zero-order valence-electron chi connectivity index (χ0n) is 14.2. The van der Waals surface area contributed by atoms with Crippen LogP contribution in [0.4, 0.5) is 0 Å². The van der Waals surface area contributed by atoms with E-state index in [1.54, 1.807) is 18.5 Å². The van der Waals surface area contributed by atoms with E-state index in [1.807, 2.05) is 37.3 Å². The van der Waals surface area contributed by atoms with E-state index in [0.717, 1.165) is 17.0 Å². The van der Waals surface area contributed by atoms with Crippen LogP contribution in [0.1, 0.15) is 12.6 Å². The molecule has 7 nitrogen and oxygen atoms in total. The molecule has 0 fully saturated rings. The fourth-order valence-corrected chi connectivity index (χ4v) is 2.74. The molecule has 4 heterocycles. The summed E-state index contributed by atoms with van der Waals surface area (Å²) in [5, 5.41) is 7.21. The van der Waals surface area contributed by atoms with Gasteiger partial charge in [0.15, 0.2) is 5.75 Å². The highest BCUT2D eigenvalue weighted by Crippen LogP contribution is 2.31. The van der Waals surface area contributed by atoms with Crippen molar-refractivity contribution >= 4 is 17.0 Å². The van der Waals surface area contributed by atoms with Crippen LogP contribution in [0.25, 0.3) is 33.7 Å². The van der Waals surface area contributed by atoms with Gasteiger partial charge in [-0.25, -0.2) is 4.98 Å². The third-order valence-electron chi connectivity index (χ3n) is 3.85. The van der Waals surface area contributed by atoms with Crippen LogP contribution in [0, 0.1) is 6.92 Å². The van der Waals surface area contributed by atoms with Crippen LogP contribution in [0.3, 0.4) is 0 Å². The molecule has 4 aromatic heterocycles. The first-order valence-electron chi connectivity index (χ1n) is 8.04. The minimum absolute atomic E-state index is 0.378. The molecule has 0 amide bonds. The van der Waals surface area contributed by atoms with Crippen LogP contribution < -0.4 is 4.74 Å². The van der Waals surface area contributed by atoms with Crippen molar-refractivity contribution in [2.75, 3.05) is 0 Å². The number of aromatic nitrogens is 5. The van der Waals surface area contributed by atoms with Gasteiger partial charge in [-0.15, -0.1) is 0 Å². The number of aromatic amines is 1. The van der Waals surface area contributed by atoms with Crippen molar-refractivity contribution in [2.45, 2.75) is 13.8 Å². The molecule has 0 aliphatic carbocycles. The number of aryl methyl sites for hydroxylation is 1. The van der Waals surface area contributed by atoms with Crippen molar-refractivity contribution in [1.29, 1.82) is 0 Å². The number of rotatable bonds is 3. The summed E-state index contributed by atoms with van der Waals surface area (Å²) in [6.07, 6.45) is 3.36. The maximum absolute atomic E-state index is 11.3. The van der Waals surface area contributed by atoms with Gasteiger partial charge < -0.3 is 4.74 Å². The number of carbonyl (C=O) groups is 1. The van der Waals surface area contributed by atoms with Gasteiger partial charge in [0.25, 0.3) is 0 Å². The Morgan fingerprint density at radius 3 is 2.77 bits per heavy atom. The molecule has 0 spiro atoms. The zero-order chi connectivity index (χ0) is 18.1. The number of hydrogen-bond donors (Lipinski definition) is 1. The Bertz CT molecular complexity index is 1120. The predicted molar refractivity (Wildman–Crippen MR) is 96.4 cm³/mol. The lowest BCUT2D eigenvalue weighted by Crippen LogP contribution is -2.03. The second kappa shape index (κ2) is 6.36. The molecular formula is C19H15N5O2. The number of fused-ring (bicyclic) bond motifs is 1. The maximum Gasteiger partial charge on any atom is 0.308 e. The van der Waals surface area contributed by atoms with E-state index in [1.165, 1.54) is 6.92 Å². The summed E-state index contributed by atoms with van der Waals surface area (Å²) < 4.78 is 5.25. The van der Waals surface area contributed by atoms with Gasteiger partial charge in [-0.1, -0.05) is 6.07 Å². The van der Waals surface area contributed by atoms with Gasteiger partial charge in [0, 0.05) is 36.6 Å². The third-order valence-corrected chi connectivity index (χ3v) is 3.85. The Kier molecular flexibility index (Phi) is 3.89. The predicted octanol–water partition coefficient (Wildman–Crippen LogP) is 3.32. The molecule has 0 unspecified atom stereocenters. The second-order valence-electron chi connectivity index (χ2n) is 5.78. The number of carbonyl (C=O) groups excluding carboxylic acids is 1. The van der Waals surface area contributed by atoms with E-state index in [4.69, 9.17) is 4.74 Å². The molecule has 0 aliphatic heterocycles. The minimum atomic E-state index is -0.405. The monoisotopic (exact) mass is 345 g/mol. The Labute approximate surface area is 149 Å². The lowest BCUT2D eigenvalue weighted by Gasteiger charge is -2.07. The summed E-state index contributed by atoms with van der Waals surface area (Å²) in [6.45, 7) is 3.29. The molecule has 7 heteroatoms. The number of hydrogen-bond acceptors (Lipinski definition) is 6. The maximum atomic E-state index is 11.3. The summed E-state index contributed by atoms with van der Waals surface area (Å²) in [4.78, 5) is 24.8. The van der Waals surface area contributed by atoms with Crippen molar-refractivity contribution in [2.24, 2.45) is 0 Å². The number of esters is 1. The highest BCUT2D eigenvalue weighted by molar-refractivity contribution is 5.87. The Hall–Kier alpha value is -3.61. The Morgan fingerprint density at radius 2 is 1.96 bits per heavy atom. The molecule has 0 aliphatic rings. The Balaban J connectivity index is 1.86. The van der Waals surface area contributed by atoms with Gasteiger partial charge in [-0.05, 0) is 31.2 Å².